The molecule has 2 heterocycles. The number of hydrogen-bond acceptors (Lipinski definition) is 6. The molecule has 2 aromatic carbocycles. The molecule has 34 heavy (non-hydrogen) atoms. The topological polar surface area (TPSA) is 77.9 Å². The van der Waals surface area contributed by atoms with Crippen molar-refractivity contribution >= 4 is 7.60 Å². The third-order valence-corrected chi connectivity index (χ3v) is 7.76. The summed E-state index contributed by atoms with van der Waals surface area (Å²) in [5, 5.41) is 10.1. The number of aromatic nitrogens is 1. The van der Waals surface area contributed by atoms with Crippen molar-refractivity contribution in [2.45, 2.75) is 52.6 Å². The molecule has 6 nitrogen and oxygen atoms in total. The molecule has 7 heteroatoms. The van der Waals surface area contributed by atoms with Gasteiger partial charge in [-0.3, -0.25) is 14.1 Å². The predicted octanol–water partition coefficient (Wildman–Crippen LogP) is 6.83. The molecule has 0 amide bonds. The Balaban J connectivity index is 1.45. The molecule has 0 saturated carbocycles. The molecule has 0 radical (unpaired) electrons. The van der Waals surface area contributed by atoms with Crippen molar-refractivity contribution < 1.29 is 23.5 Å². The van der Waals surface area contributed by atoms with Crippen molar-refractivity contribution in [3.8, 4) is 11.5 Å². The summed E-state index contributed by atoms with van der Waals surface area (Å²) in [6.45, 7) is 8.60. The van der Waals surface area contributed by atoms with E-state index in [1.165, 1.54) is 5.56 Å². The van der Waals surface area contributed by atoms with Crippen LogP contribution in [0, 0.1) is 13.8 Å². The molecule has 1 aliphatic rings. The first-order chi connectivity index (χ1) is 16.2. The minimum Gasteiger partial charge on any atom is -0.508 e. The maximum Gasteiger partial charge on any atom is 0.368 e. The van der Waals surface area contributed by atoms with Gasteiger partial charge in [0.2, 0.25) is 0 Å². The lowest BCUT2D eigenvalue weighted by Crippen LogP contribution is -2.17. The molecule has 1 unspecified atom stereocenters. The molecule has 1 fully saturated rings. The first-order valence-electron chi connectivity index (χ1n) is 11.6. The van der Waals surface area contributed by atoms with Gasteiger partial charge in [0.1, 0.15) is 11.5 Å². The van der Waals surface area contributed by atoms with Gasteiger partial charge in [-0.05, 0) is 83.8 Å². The maximum absolute atomic E-state index is 13.2. The van der Waals surface area contributed by atoms with E-state index in [1.807, 2.05) is 44.2 Å². The quantitative estimate of drug-likeness (QED) is 0.373. The summed E-state index contributed by atoms with van der Waals surface area (Å²) in [4.78, 5) is 4.12. The molecular weight excluding hydrogens is 449 g/mol. The number of ether oxygens (including phenoxy) is 1. The lowest BCUT2D eigenvalue weighted by Gasteiger charge is -2.29. The fraction of sp³-hybridized carbons (Fsp3) is 0.370. The molecule has 1 N–H and O–H groups in total. The van der Waals surface area contributed by atoms with Crippen LogP contribution in [0.1, 0.15) is 65.7 Å². The van der Waals surface area contributed by atoms with E-state index in [-0.39, 0.29) is 18.4 Å². The van der Waals surface area contributed by atoms with Gasteiger partial charge in [-0.15, -0.1) is 0 Å². The Morgan fingerprint density at radius 3 is 2.62 bits per heavy atom. The molecule has 3 aromatic rings. The third-order valence-electron chi connectivity index (χ3n) is 6.17. The highest BCUT2D eigenvalue weighted by Gasteiger charge is 2.35. The lowest BCUT2D eigenvalue weighted by atomic mass is 9.93. The van der Waals surface area contributed by atoms with Crippen molar-refractivity contribution in [3.05, 3.63) is 88.2 Å². The average Bonchev–Trinajstić information content (AvgIpc) is 2.81. The van der Waals surface area contributed by atoms with Crippen LogP contribution in [0.25, 0.3) is 0 Å². The Bertz CT molecular complexity index is 1170. The van der Waals surface area contributed by atoms with Crippen LogP contribution in [0.3, 0.4) is 0 Å². The van der Waals surface area contributed by atoms with Crippen molar-refractivity contribution in [2.24, 2.45) is 0 Å². The molecule has 180 valence electrons. The Morgan fingerprint density at radius 1 is 1.18 bits per heavy atom. The van der Waals surface area contributed by atoms with Crippen LogP contribution >= 0.6 is 7.60 Å². The van der Waals surface area contributed by atoms with Crippen molar-refractivity contribution in [1.29, 1.82) is 0 Å². The van der Waals surface area contributed by atoms with Gasteiger partial charge in [0.15, 0.2) is 6.35 Å². The second kappa shape index (κ2) is 10.3. The number of aromatic hydroxyl groups is 1. The van der Waals surface area contributed by atoms with Gasteiger partial charge >= 0.3 is 7.60 Å². The van der Waals surface area contributed by atoms with E-state index in [0.717, 1.165) is 34.2 Å². The number of rotatable bonds is 7. The van der Waals surface area contributed by atoms with Gasteiger partial charge < -0.3 is 14.4 Å². The van der Waals surface area contributed by atoms with E-state index in [1.54, 1.807) is 18.5 Å². The van der Waals surface area contributed by atoms with E-state index >= 15 is 0 Å². The summed E-state index contributed by atoms with van der Waals surface area (Å²) in [5.41, 5.74) is 6.38. The third kappa shape index (κ3) is 5.69. The van der Waals surface area contributed by atoms with Gasteiger partial charge in [-0.2, -0.15) is 0 Å². The Morgan fingerprint density at radius 2 is 1.94 bits per heavy atom. The number of nitrogens with zero attached hydrogens (tertiary/aromatic N) is 1. The minimum absolute atomic E-state index is 0.141. The normalized spacial score (nSPS) is 20.4. The maximum atomic E-state index is 13.2. The molecule has 0 spiro atoms. The van der Waals surface area contributed by atoms with Gasteiger partial charge in [-0.25, -0.2) is 0 Å². The first-order valence-corrected chi connectivity index (χ1v) is 13.3. The number of aryl methyl sites for hydroxylation is 2. The van der Waals surface area contributed by atoms with Crippen LogP contribution in [0.2, 0.25) is 0 Å². The van der Waals surface area contributed by atoms with Crippen LogP contribution < -0.4 is 4.74 Å². The molecule has 4 rings (SSSR count). The van der Waals surface area contributed by atoms with Gasteiger partial charge in [-0.1, -0.05) is 32.0 Å². The number of benzene rings is 2. The summed E-state index contributed by atoms with van der Waals surface area (Å²) in [7, 11) is -3.39. The Labute approximate surface area is 201 Å². The van der Waals surface area contributed by atoms with Crippen LogP contribution in [0.5, 0.6) is 11.5 Å². The van der Waals surface area contributed by atoms with Crippen molar-refractivity contribution in [3.63, 3.8) is 0 Å². The zero-order valence-corrected chi connectivity index (χ0v) is 21.0. The molecule has 2 atom stereocenters. The van der Waals surface area contributed by atoms with E-state index in [4.69, 9.17) is 13.8 Å². The Kier molecular flexibility index (Phi) is 7.42. The Hall–Kier alpha value is -2.66. The highest BCUT2D eigenvalue weighted by Crippen LogP contribution is 2.55. The molecule has 0 bridgehead atoms. The zero-order chi connectivity index (χ0) is 24.3. The predicted molar refractivity (Wildman–Crippen MR) is 133 cm³/mol. The molecule has 0 aliphatic carbocycles. The van der Waals surface area contributed by atoms with Gasteiger partial charge in [0.05, 0.1) is 12.7 Å². The monoisotopic (exact) mass is 481 g/mol. The summed E-state index contributed by atoms with van der Waals surface area (Å²) in [6, 6.07) is 13.5. The lowest BCUT2D eigenvalue weighted by molar-refractivity contribution is 0.0723. The minimum atomic E-state index is -3.39. The van der Waals surface area contributed by atoms with E-state index < -0.39 is 7.60 Å². The molecule has 1 aromatic heterocycles. The molecular formula is C27H32NO5P. The van der Waals surface area contributed by atoms with Crippen LogP contribution in [-0.2, 0) is 20.0 Å². The number of phenolic OH excluding ortho intramolecular Hbond substituents is 1. The van der Waals surface area contributed by atoms with E-state index in [2.05, 4.69) is 24.9 Å². The highest BCUT2D eigenvalue weighted by molar-refractivity contribution is 7.53. The number of hydrogen-bond donors (Lipinski definition) is 1. The second-order valence-corrected chi connectivity index (χ2v) is 11.1. The number of phenols is 1. The number of pyridine rings is 1. The van der Waals surface area contributed by atoms with E-state index in [9.17, 15) is 9.67 Å². The van der Waals surface area contributed by atoms with Crippen molar-refractivity contribution in [2.75, 3.05) is 13.0 Å². The first kappa shape index (κ1) is 24.5. The summed E-state index contributed by atoms with van der Waals surface area (Å²) >= 11 is 0. The molecule has 1 saturated heterocycles. The fourth-order valence-corrected chi connectivity index (χ4v) is 5.79. The van der Waals surface area contributed by atoms with E-state index in [0.29, 0.717) is 24.5 Å². The fourth-order valence-electron chi connectivity index (χ4n) is 4.29. The summed E-state index contributed by atoms with van der Waals surface area (Å²) in [6.07, 6.45) is 4.35. The second-order valence-electron chi connectivity index (χ2n) is 9.15. The summed E-state index contributed by atoms with van der Waals surface area (Å²) in [5.74, 6) is 1.23. The van der Waals surface area contributed by atoms with Crippen LogP contribution in [0.4, 0.5) is 0 Å². The summed E-state index contributed by atoms with van der Waals surface area (Å²) < 4.78 is 30.4. The standard InChI is InChI=1S/C27H32NO5P/c1-18(2)24-14-21(7-8-26(24)29)15-25-19(3)12-23(13-20(25)4)31-17-34(30)32-11-9-27(33-34)22-6-5-10-28-16-22/h5-8,10,12-14,16,18,27,29H,9,11,15,17H2,1-4H3/t27-,34?/m0/s1. The highest BCUT2D eigenvalue weighted by atomic mass is 31.2. The smallest absolute Gasteiger partial charge is 0.368 e. The van der Waals surface area contributed by atoms with Gasteiger partial charge in [0.25, 0.3) is 0 Å². The van der Waals surface area contributed by atoms with Crippen molar-refractivity contribution in [1.82, 2.24) is 4.98 Å². The van der Waals surface area contributed by atoms with Crippen LogP contribution in [-0.4, -0.2) is 23.0 Å². The SMILES string of the molecule is Cc1cc(OCP2(=O)OCC[C@@H](c3cccnc3)O2)cc(C)c1Cc1ccc(O)c(C(C)C)c1. The zero-order valence-electron chi connectivity index (χ0n) is 20.2. The van der Waals surface area contributed by atoms with Crippen LogP contribution in [0.15, 0.2) is 54.9 Å². The largest absolute Gasteiger partial charge is 0.508 e. The van der Waals surface area contributed by atoms with Gasteiger partial charge in [0, 0.05) is 18.8 Å². The average molecular weight is 482 g/mol. The molecule has 1 aliphatic heterocycles.